The number of benzene rings is 3. The van der Waals surface area contributed by atoms with Gasteiger partial charge in [0.05, 0.1) is 29.8 Å². The molecule has 0 bridgehead atoms. The quantitative estimate of drug-likeness (QED) is 0.170. The average Bonchev–Trinajstić information content (AvgIpc) is 3.56. The van der Waals surface area contributed by atoms with Gasteiger partial charge in [0.1, 0.15) is 35.2 Å². The lowest BCUT2D eigenvalue weighted by molar-refractivity contribution is -0.143. The van der Waals surface area contributed by atoms with Crippen LogP contribution in [0.1, 0.15) is 47.5 Å². The molecule has 4 aromatic rings. The number of carbonyl (C=O) groups excluding carboxylic acids is 4. The molecule has 0 spiro atoms. The number of methoxy groups -OCH3 is 1. The van der Waals surface area contributed by atoms with Gasteiger partial charge in [-0.3, -0.25) is 14.4 Å². The average molecular weight is 881 g/mol. The molecule has 1 aliphatic carbocycles. The second kappa shape index (κ2) is 16.4. The first-order valence-electron chi connectivity index (χ1n) is 20.9. The molecular formula is C46H52N6O10S. The third kappa shape index (κ3) is 8.21. The summed E-state index contributed by atoms with van der Waals surface area (Å²) >= 11 is 0. The summed E-state index contributed by atoms with van der Waals surface area (Å²) in [5.74, 6) is -0.796. The van der Waals surface area contributed by atoms with E-state index in [1.807, 2.05) is 52.8 Å². The van der Waals surface area contributed by atoms with Gasteiger partial charge in [0.25, 0.3) is 15.9 Å². The van der Waals surface area contributed by atoms with Gasteiger partial charge in [0.2, 0.25) is 18.6 Å². The van der Waals surface area contributed by atoms with Gasteiger partial charge in [-0.1, -0.05) is 38.1 Å². The van der Waals surface area contributed by atoms with Crippen LogP contribution in [-0.4, -0.2) is 115 Å². The molecule has 16 nitrogen and oxygen atoms in total. The maximum Gasteiger partial charge on any atom is 0.321 e. The van der Waals surface area contributed by atoms with E-state index in [-0.39, 0.29) is 43.0 Å². The van der Waals surface area contributed by atoms with Crippen LogP contribution in [0.15, 0.2) is 90.3 Å². The number of sulfonamides is 1. The summed E-state index contributed by atoms with van der Waals surface area (Å²) in [6, 6.07) is 17.7. The highest BCUT2D eigenvalue weighted by Gasteiger charge is 2.61. The first-order chi connectivity index (χ1) is 29.9. The molecule has 1 saturated carbocycles. The number of urea groups is 1. The lowest BCUT2D eigenvalue weighted by atomic mass is 10.0. The van der Waals surface area contributed by atoms with Crippen molar-refractivity contribution < 1.29 is 46.5 Å². The number of likely N-dealkylation sites (tertiary alicyclic amines) is 1. The zero-order chi connectivity index (χ0) is 45.0. The molecule has 3 fully saturated rings. The molecule has 4 aliphatic rings. The van der Waals surface area contributed by atoms with Crippen LogP contribution < -0.4 is 29.0 Å². The molecular weight excluding hydrogens is 829 g/mol. The standard InChI is InChI=1S/C46H52N6O10S/c1-8-29-24-46(29,43(55)49-63(57,58)32-12-10-9-11-13-32)48-41(53)36-22-31(25-51(36)42(54)40(27(2)3)50-18-19-52(44(50)56)45(4,5)6)62-38-23-34(28-14-17-37-39(20-28)61-26-60-37)47-35-21-30(59-7)15-16-33(35)38/h8-17,20-21,23,27,29,31,36,40H,1,18-19,22,24-26H2,2-7H3,(H,48,53)(H,49,55)/t29-,31-,36+,40+,46-/m1/s1. The van der Waals surface area contributed by atoms with Crippen molar-refractivity contribution in [1.29, 1.82) is 0 Å². The highest BCUT2D eigenvalue weighted by Crippen LogP contribution is 2.46. The minimum absolute atomic E-state index is 0.00253. The van der Waals surface area contributed by atoms with Crippen molar-refractivity contribution in [2.75, 3.05) is 33.5 Å². The highest BCUT2D eigenvalue weighted by atomic mass is 32.2. The van der Waals surface area contributed by atoms with Crippen molar-refractivity contribution in [3.05, 3.63) is 85.5 Å². The van der Waals surface area contributed by atoms with Gasteiger partial charge in [-0.15, -0.1) is 6.58 Å². The Hall–Kier alpha value is -6.36. The summed E-state index contributed by atoms with van der Waals surface area (Å²) in [5.41, 5.74) is -0.283. The minimum atomic E-state index is -4.29. The molecule has 1 aromatic heterocycles. The van der Waals surface area contributed by atoms with Gasteiger partial charge in [0, 0.05) is 54.0 Å². The van der Waals surface area contributed by atoms with Gasteiger partial charge < -0.3 is 39.0 Å². The molecule has 2 N–H and O–H groups in total. The number of aromatic nitrogens is 1. The minimum Gasteiger partial charge on any atom is -0.497 e. The fourth-order valence-electron chi connectivity index (χ4n) is 8.75. The number of rotatable bonds is 13. The van der Waals surface area contributed by atoms with Crippen molar-refractivity contribution in [2.45, 2.75) is 81.6 Å². The lowest BCUT2D eigenvalue weighted by Gasteiger charge is -2.37. The van der Waals surface area contributed by atoms with Gasteiger partial charge in [-0.05, 0) is 75.6 Å². The summed E-state index contributed by atoms with van der Waals surface area (Å²) in [5, 5.41) is 3.50. The van der Waals surface area contributed by atoms with Crippen molar-refractivity contribution >= 4 is 44.7 Å². The van der Waals surface area contributed by atoms with Crippen molar-refractivity contribution in [3.8, 4) is 34.3 Å². The number of amides is 5. The molecule has 4 heterocycles. The number of ether oxygens (including phenoxy) is 4. The Labute approximate surface area is 366 Å². The first-order valence-corrected chi connectivity index (χ1v) is 22.4. The van der Waals surface area contributed by atoms with Crippen LogP contribution in [0.25, 0.3) is 22.2 Å². The molecule has 3 aromatic carbocycles. The van der Waals surface area contributed by atoms with E-state index in [9.17, 15) is 22.8 Å². The third-order valence-corrected chi connectivity index (χ3v) is 13.5. The van der Waals surface area contributed by atoms with E-state index in [4.69, 9.17) is 23.9 Å². The van der Waals surface area contributed by atoms with Crippen LogP contribution >= 0.6 is 0 Å². The monoisotopic (exact) mass is 880 g/mol. The Morgan fingerprint density at radius 1 is 1.00 bits per heavy atom. The third-order valence-electron chi connectivity index (χ3n) is 12.2. The number of pyridine rings is 1. The van der Waals surface area contributed by atoms with Gasteiger partial charge in [-0.25, -0.2) is 22.9 Å². The predicted molar refractivity (Wildman–Crippen MR) is 233 cm³/mol. The van der Waals surface area contributed by atoms with Crippen molar-refractivity contribution in [1.82, 2.24) is 29.7 Å². The normalized spacial score (nSPS) is 22.3. The number of fused-ring (bicyclic) bond motifs is 2. The topological polar surface area (TPSA) is 186 Å². The van der Waals surface area contributed by atoms with Gasteiger partial charge in [-0.2, -0.15) is 0 Å². The summed E-state index contributed by atoms with van der Waals surface area (Å²) in [6.07, 6.45) is 0.831. The highest BCUT2D eigenvalue weighted by molar-refractivity contribution is 7.90. The summed E-state index contributed by atoms with van der Waals surface area (Å²) < 4.78 is 52.2. The lowest BCUT2D eigenvalue weighted by Crippen LogP contribution is -2.59. The van der Waals surface area contributed by atoms with E-state index in [2.05, 4.69) is 16.6 Å². The Balaban J connectivity index is 1.13. The maximum atomic E-state index is 15.0. The van der Waals surface area contributed by atoms with Crippen LogP contribution in [0.4, 0.5) is 4.79 Å². The van der Waals surface area contributed by atoms with Gasteiger partial charge >= 0.3 is 6.03 Å². The van der Waals surface area contributed by atoms with Crippen LogP contribution in [0.2, 0.25) is 0 Å². The summed E-state index contributed by atoms with van der Waals surface area (Å²) in [7, 11) is -2.73. The molecule has 17 heteroatoms. The van der Waals surface area contributed by atoms with Crippen molar-refractivity contribution in [2.24, 2.45) is 11.8 Å². The van der Waals surface area contributed by atoms with Crippen LogP contribution in [-0.2, 0) is 24.4 Å². The molecule has 63 heavy (non-hydrogen) atoms. The predicted octanol–water partition coefficient (Wildman–Crippen LogP) is 5.11. The van der Waals surface area contributed by atoms with E-state index >= 15 is 4.79 Å². The van der Waals surface area contributed by atoms with E-state index in [0.29, 0.717) is 52.7 Å². The van der Waals surface area contributed by atoms with E-state index in [1.165, 1.54) is 35.2 Å². The number of nitrogens with one attached hydrogen (secondary N) is 2. The van der Waals surface area contributed by atoms with Gasteiger partial charge in [0.15, 0.2) is 11.5 Å². The fourth-order valence-corrected chi connectivity index (χ4v) is 9.81. The Bertz CT molecular complexity index is 2600. The number of nitrogens with zero attached hydrogens (tertiary/aromatic N) is 4. The maximum absolute atomic E-state index is 15.0. The molecule has 0 radical (unpaired) electrons. The summed E-state index contributed by atoms with van der Waals surface area (Å²) in [4.78, 5) is 67.2. The summed E-state index contributed by atoms with van der Waals surface area (Å²) in [6.45, 7) is 14.1. The Kier molecular flexibility index (Phi) is 11.3. The molecule has 0 unspecified atom stereocenters. The number of hydrogen-bond acceptors (Lipinski definition) is 11. The SMILES string of the molecule is C=C[C@@H]1C[C@]1(NC(=O)[C@@H]1C[C@@H](Oc2cc(-c3ccc4c(c3)OCO4)nc3cc(OC)ccc23)CN1C(=O)[C@H](C(C)C)N1CCN(C(C)(C)C)C1=O)C(=O)NS(=O)(=O)c1ccccc1. The molecule has 2 saturated heterocycles. The van der Waals surface area contributed by atoms with E-state index < -0.39 is 62.9 Å². The van der Waals surface area contributed by atoms with Crippen molar-refractivity contribution in [3.63, 3.8) is 0 Å². The first kappa shape index (κ1) is 43.3. The number of carbonyl (C=O) groups is 4. The molecule has 5 atom stereocenters. The van der Waals surface area contributed by atoms with E-state index in [1.54, 1.807) is 47.2 Å². The Morgan fingerprint density at radius 3 is 2.41 bits per heavy atom. The smallest absolute Gasteiger partial charge is 0.321 e. The number of hydrogen-bond donors (Lipinski definition) is 2. The van der Waals surface area contributed by atoms with Crippen LogP contribution in [0.3, 0.4) is 0 Å². The second-order valence-corrected chi connectivity index (χ2v) is 19.4. The van der Waals surface area contributed by atoms with Crippen LogP contribution in [0, 0.1) is 11.8 Å². The molecule has 5 amide bonds. The zero-order valence-corrected chi connectivity index (χ0v) is 36.9. The molecule has 332 valence electrons. The fraction of sp³-hybridized carbons (Fsp3) is 0.413. The molecule has 3 aliphatic heterocycles. The second-order valence-electron chi connectivity index (χ2n) is 17.7. The molecule has 8 rings (SSSR count). The zero-order valence-electron chi connectivity index (χ0n) is 36.1. The largest absolute Gasteiger partial charge is 0.497 e. The van der Waals surface area contributed by atoms with Crippen LogP contribution in [0.5, 0.6) is 23.0 Å². The Morgan fingerprint density at radius 2 is 1.75 bits per heavy atom. The van der Waals surface area contributed by atoms with E-state index in [0.717, 1.165) is 5.56 Å².